The average Bonchev–Trinajstić information content (AvgIpc) is 2.76. The minimum atomic E-state index is -0.333. The summed E-state index contributed by atoms with van der Waals surface area (Å²) in [6.07, 6.45) is 0.689. The zero-order chi connectivity index (χ0) is 14.2. The first kappa shape index (κ1) is 13.5. The molecule has 0 aliphatic carbocycles. The Morgan fingerprint density at radius 2 is 1.89 bits per heavy atom. The van der Waals surface area contributed by atoms with Crippen molar-refractivity contribution in [3.8, 4) is 0 Å². The Hall–Kier alpha value is -1.89. The molecule has 0 fully saturated rings. The molecule has 7 heteroatoms. The maximum atomic E-state index is 12.4. The van der Waals surface area contributed by atoms with Crippen LogP contribution < -0.4 is 17.0 Å². The number of aryl methyl sites for hydroxylation is 2. The van der Waals surface area contributed by atoms with Crippen molar-refractivity contribution in [2.75, 3.05) is 6.54 Å². The molecule has 0 atom stereocenters. The van der Waals surface area contributed by atoms with Crippen LogP contribution in [0.4, 0.5) is 0 Å². The molecule has 0 amide bonds. The topological polar surface area (TPSA) is 87.8 Å². The summed E-state index contributed by atoms with van der Waals surface area (Å²) in [4.78, 5) is 28.9. The molecule has 104 valence electrons. The number of nitrogens with zero attached hydrogens (tertiary/aromatic N) is 4. The van der Waals surface area contributed by atoms with E-state index in [-0.39, 0.29) is 11.2 Å². The molecule has 0 spiro atoms. The minimum absolute atomic E-state index is 0.291. The van der Waals surface area contributed by atoms with Crippen molar-refractivity contribution in [3.05, 3.63) is 26.7 Å². The van der Waals surface area contributed by atoms with Gasteiger partial charge in [-0.05, 0) is 6.92 Å². The van der Waals surface area contributed by atoms with Crippen molar-refractivity contribution in [2.24, 2.45) is 12.8 Å². The Labute approximate surface area is 110 Å². The van der Waals surface area contributed by atoms with E-state index in [1.54, 1.807) is 14.0 Å². The quantitative estimate of drug-likeness (QED) is 0.802. The molecule has 0 unspecified atom stereocenters. The number of rotatable bonds is 4. The molecule has 0 aromatic carbocycles. The van der Waals surface area contributed by atoms with E-state index in [4.69, 9.17) is 5.73 Å². The fourth-order valence-corrected chi connectivity index (χ4v) is 2.34. The van der Waals surface area contributed by atoms with Crippen LogP contribution in [-0.4, -0.2) is 25.2 Å². The van der Waals surface area contributed by atoms with Gasteiger partial charge in [0.2, 0.25) is 0 Å². The molecule has 0 saturated heterocycles. The van der Waals surface area contributed by atoms with E-state index >= 15 is 0 Å². The van der Waals surface area contributed by atoms with E-state index in [9.17, 15) is 9.59 Å². The van der Waals surface area contributed by atoms with E-state index in [1.165, 1.54) is 9.13 Å². The summed E-state index contributed by atoms with van der Waals surface area (Å²) in [5, 5.41) is 0. The SMILES string of the molecule is CCc1nc2c(c(=O)n(CC)c(=O)n2C)n1CCN. The van der Waals surface area contributed by atoms with E-state index in [0.29, 0.717) is 37.2 Å². The lowest BCUT2D eigenvalue weighted by Gasteiger charge is -2.08. The Morgan fingerprint density at radius 3 is 2.42 bits per heavy atom. The first-order valence-corrected chi connectivity index (χ1v) is 6.45. The Bertz CT molecular complexity index is 722. The second-order valence-corrected chi connectivity index (χ2v) is 4.39. The third-order valence-corrected chi connectivity index (χ3v) is 3.30. The lowest BCUT2D eigenvalue weighted by molar-refractivity contribution is 0.629. The molecule has 2 N–H and O–H groups in total. The number of imidazole rings is 1. The molecule has 19 heavy (non-hydrogen) atoms. The summed E-state index contributed by atoms with van der Waals surface area (Å²) in [5.41, 5.74) is 5.87. The van der Waals surface area contributed by atoms with Crippen molar-refractivity contribution < 1.29 is 0 Å². The second kappa shape index (κ2) is 5.00. The van der Waals surface area contributed by atoms with E-state index in [2.05, 4.69) is 4.98 Å². The lowest BCUT2D eigenvalue weighted by atomic mass is 10.4. The molecule has 0 saturated carbocycles. The van der Waals surface area contributed by atoms with Crippen LogP contribution in [0.1, 0.15) is 19.7 Å². The van der Waals surface area contributed by atoms with Gasteiger partial charge in [-0.3, -0.25) is 13.9 Å². The third-order valence-electron chi connectivity index (χ3n) is 3.30. The molecule has 2 aromatic heterocycles. The fourth-order valence-electron chi connectivity index (χ4n) is 2.34. The predicted octanol–water partition coefficient (Wildman–Crippen LogP) is -0.562. The van der Waals surface area contributed by atoms with Crippen molar-refractivity contribution in [1.82, 2.24) is 18.7 Å². The molecule has 0 aliphatic rings. The summed E-state index contributed by atoms with van der Waals surface area (Å²) in [6, 6.07) is 0. The Balaban J connectivity index is 2.99. The first-order valence-electron chi connectivity index (χ1n) is 6.45. The van der Waals surface area contributed by atoms with Crippen molar-refractivity contribution in [1.29, 1.82) is 0 Å². The number of fused-ring (bicyclic) bond motifs is 1. The number of hydrogen-bond donors (Lipinski definition) is 1. The highest BCUT2D eigenvalue weighted by molar-refractivity contribution is 5.71. The van der Waals surface area contributed by atoms with Crippen LogP contribution in [0.5, 0.6) is 0 Å². The molecule has 2 aromatic rings. The lowest BCUT2D eigenvalue weighted by Crippen LogP contribution is -2.39. The van der Waals surface area contributed by atoms with Crippen molar-refractivity contribution in [2.45, 2.75) is 33.4 Å². The smallest absolute Gasteiger partial charge is 0.329 e. The largest absolute Gasteiger partial charge is 0.332 e. The van der Waals surface area contributed by atoms with Gasteiger partial charge in [-0.2, -0.15) is 0 Å². The first-order chi connectivity index (χ1) is 9.06. The van der Waals surface area contributed by atoms with Crippen LogP contribution >= 0.6 is 0 Å². The zero-order valence-electron chi connectivity index (χ0n) is 11.5. The molecular weight excluding hydrogens is 246 g/mol. The molecule has 0 bridgehead atoms. The molecular formula is C12H19N5O2. The minimum Gasteiger partial charge on any atom is -0.329 e. The molecule has 2 rings (SSSR count). The van der Waals surface area contributed by atoms with E-state index in [0.717, 1.165) is 5.82 Å². The molecule has 2 heterocycles. The maximum absolute atomic E-state index is 12.4. The highest BCUT2D eigenvalue weighted by Gasteiger charge is 2.18. The maximum Gasteiger partial charge on any atom is 0.332 e. The number of aromatic nitrogens is 4. The van der Waals surface area contributed by atoms with Gasteiger partial charge < -0.3 is 10.3 Å². The van der Waals surface area contributed by atoms with Crippen LogP contribution in [0, 0.1) is 0 Å². The highest BCUT2D eigenvalue weighted by atomic mass is 16.2. The Morgan fingerprint density at radius 1 is 1.21 bits per heavy atom. The van der Waals surface area contributed by atoms with Crippen molar-refractivity contribution in [3.63, 3.8) is 0 Å². The molecule has 7 nitrogen and oxygen atoms in total. The van der Waals surface area contributed by atoms with Crippen LogP contribution in [0.15, 0.2) is 9.59 Å². The summed E-state index contributed by atoms with van der Waals surface area (Å²) in [7, 11) is 1.63. The van der Waals surface area contributed by atoms with Crippen LogP contribution in [0.25, 0.3) is 11.2 Å². The van der Waals surface area contributed by atoms with Crippen molar-refractivity contribution >= 4 is 11.2 Å². The van der Waals surface area contributed by atoms with Gasteiger partial charge in [-0.1, -0.05) is 6.92 Å². The van der Waals surface area contributed by atoms with E-state index < -0.39 is 0 Å². The monoisotopic (exact) mass is 265 g/mol. The van der Waals surface area contributed by atoms with Gasteiger partial charge in [0, 0.05) is 33.1 Å². The summed E-state index contributed by atoms with van der Waals surface area (Å²) >= 11 is 0. The van der Waals surface area contributed by atoms with Gasteiger partial charge >= 0.3 is 5.69 Å². The van der Waals surface area contributed by atoms with Gasteiger partial charge in [-0.15, -0.1) is 0 Å². The number of hydrogen-bond acceptors (Lipinski definition) is 4. The van der Waals surface area contributed by atoms with Gasteiger partial charge in [-0.25, -0.2) is 9.78 Å². The van der Waals surface area contributed by atoms with Crippen LogP contribution in [0.3, 0.4) is 0 Å². The van der Waals surface area contributed by atoms with Crippen LogP contribution in [-0.2, 0) is 26.6 Å². The zero-order valence-corrected chi connectivity index (χ0v) is 11.5. The average molecular weight is 265 g/mol. The van der Waals surface area contributed by atoms with Gasteiger partial charge in [0.05, 0.1) is 0 Å². The van der Waals surface area contributed by atoms with Gasteiger partial charge in [0.1, 0.15) is 5.82 Å². The van der Waals surface area contributed by atoms with E-state index in [1.807, 2.05) is 11.5 Å². The second-order valence-electron chi connectivity index (χ2n) is 4.39. The summed E-state index contributed by atoms with van der Waals surface area (Å²) in [5.74, 6) is 0.779. The normalized spacial score (nSPS) is 11.4. The summed E-state index contributed by atoms with van der Waals surface area (Å²) in [6.45, 7) is 5.03. The van der Waals surface area contributed by atoms with Crippen LogP contribution in [0.2, 0.25) is 0 Å². The van der Waals surface area contributed by atoms with Gasteiger partial charge in [0.25, 0.3) is 5.56 Å². The fraction of sp³-hybridized carbons (Fsp3) is 0.583. The number of nitrogens with two attached hydrogens (primary N) is 1. The predicted molar refractivity (Wildman–Crippen MR) is 73.3 cm³/mol. The summed E-state index contributed by atoms with van der Waals surface area (Å²) < 4.78 is 4.46. The third kappa shape index (κ3) is 1.90. The van der Waals surface area contributed by atoms with Gasteiger partial charge in [0.15, 0.2) is 11.2 Å². The molecule has 0 radical (unpaired) electrons. The Kier molecular flexibility index (Phi) is 3.57. The standard InChI is InChI=1S/C12H19N5O2/c1-4-8-14-10-9(17(8)7-6-13)11(18)16(5-2)12(19)15(10)3/h4-7,13H2,1-3H3. The highest BCUT2D eigenvalue weighted by Crippen LogP contribution is 2.11. The molecule has 0 aliphatic heterocycles.